The van der Waals surface area contributed by atoms with E-state index in [4.69, 9.17) is 0 Å². The fraction of sp³-hybridized carbons (Fsp3) is 0.167. The summed E-state index contributed by atoms with van der Waals surface area (Å²) in [7, 11) is 1.61. The van der Waals surface area contributed by atoms with Crippen molar-refractivity contribution in [2.75, 3.05) is 11.9 Å². The third-order valence-electron chi connectivity index (χ3n) is 5.51. The third kappa shape index (κ3) is 4.63. The molecule has 0 saturated carbocycles. The number of nitrogens with zero attached hydrogens (tertiary/aromatic N) is 2. The molecule has 0 bridgehead atoms. The quantitative estimate of drug-likeness (QED) is 0.438. The van der Waals surface area contributed by atoms with Gasteiger partial charge in [-0.1, -0.05) is 28.1 Å². The van der Waals surface area contributed by atoms with E-state index in [9.17, 15) is 27.2 Å². The Hall–Kier alpha value is -3.40. The molecule has 3 aromatic carbocycles. The van der Waals surface area contributed by atoms with Gasteiger partial charge in [-0.3, -0.25) is 9.69 Å². The number of benzene rings is 3. The highest BCUT2D eigenvalue weighted by Crippen LogP contribution is 2.32. The van der Waals surface area contributed by atoms with Crippen LogP contribution >= 0.6 is 15.9 Å². The van der Waals surface area contributed by atoms with Gasteiger partial charge in [0, 0.05) is 53.4 Å². The van der Waals surface area contributed by atoms with Gasteiger partial charge in [0.2, 0.25) is 0 Å². The van der Waals surface area contributed by atoms with Crippen molar-refractivity contribution in [3.05, 3.63) is 98.5 Å². The topological polar surface area (TPSA) is 52.7 Å². The maximum atomic E-state index is 14.4. The lowest BCUT2D eigenvalue weighted by atomic mass is 10.0. The van der Waals surface area contributed by atoms with Gasteiger partial charge in [-0.2, -0.15) is 0 Å². The normalized spacial score (nSPS) is 13.2. The maximum Gasteiger partial charge on any atom is 0.324 e. The molecule has 0 spiro atoms. The van der Waals surface area contributed by atoms with Gasteiger partial charge < -0.3 is 10.2 Å². The number of rotatable bonds is 5. The van der Waals surface area contributed by atoms with Gasteiger partial charge in [-0.15, -0.1) is 0 Å². The van der Waals surface area contributed by atoms with Crippen molar-refractivity contribution >= 4 is 33.6 Å². The molecule has 1 N–H and O–H groups in total. The molecule has 0 aromatic heterocycles. The fourth-order valence-corrected chi connectivity index (χ4v) is 4.20. The van der Waals surface area contributed by atoms with Crippen LogP contribution in [0.25, 0.3) is 0 Å². The molecule has 34 heavy (non-hydrogen) atoms. The third-order valence-corrected chi connectivity index (χ3v) is 6.26. The van der Waals surface area contributed by atoms with Crippen LogP contribution in [0.4, 0.5) is 28.0 Å². The van der Waals surface area contributed by atoms with E-state index in [1.807, 2.05) is 0 Å². The van der Waals surface area contributed by atoms with Crippen molar-refractivity contribution in [2.24, 2.45) is 0 Å². The summed E-state index contributed by atoms with van der Waals surface area (Å²) < 4.78 is 55.8. The molecule has 10 heteroatoms. The van der Waals surface area contributed by atoms with Crippen molar-refractivity contribution in [2.45, 2.75) is 19.6 Å². The lowest BCUT2D eigenvalue weighted by Crippen LogP contribution is -2.45. The van der Waals surface area contributed by atoms with Crippen LogP contribution in [-0.4, -0.2) is 23.9 Å². The first kappa shape index (κ1) is 23.7. The summed E-state index contributed by atoms with van der Waals surface area (Å²) in [5, 5.41) is 2.40. The van der Waals surface area contributed by atoms with Crippen molar-refractivity contribution in [1.82, 2.24) is 10.2 Å². The van der Waals surface area contributed by atoms with E-state index >= 15 is 0 Å². The second-order valence-corrected chi connectivity index (χ2v) is 8.65. The number of nitrogens with one attached hydrogen (secondary N) is 1. The van der Waals surface area contributed by atoms with Crippen LogP contribution in [0.15, 0.2) is 53.0 Å². The summed E-state index contributed by atoms with van der Waals surface area (Å²) in [6.45, 7) is -0.293. The van der Waals surface area contributed by atoms with E-state index in [2.05, 4.69) is 21.2 Å². The number of carbonyl (C=O) groups is 2. The van der Waals surface area contributed by atoms with Gasteiger partial charge in [-0.05, 0) is 29.8 Å². The molecule has 1 aliphatic heterocycles. The molecule has 0 unspecified atom stereocenters. The molecule has 5 nitrogen and oxygen atoms in total. The molecular formula is C24H18BrF4N3O2. The molecule has 0 radical (unpaired) electrons. The molecule has 4 rings (SSSR count). The maximum absolute atomic E-state index is 14.4. The number of hydrogen-bond acceptors (Lipinski definition) is 2. The summed E-state index contributed by atoms with van der Waals surface area (Å²) in [5.41, 5.74) is 1.09. The number of hydrogen-bond donors (Lipinski definition) is 1. The first-order valence-corrected chi connectivity index (χ1v) is 10.9. The molecule has 176 valence electrons. The van der Waals surface area contributed by atoms with E-state index < -0.39 is 41.3 Å². The zero-order valence-corrected chi connectivity index (χ0v) is 19.4. The summed E-state index contributed by atoms with van der Waals surface area (Å²) in [6.07, 6.45) is 0. The first-order chi connectivity index (χ1) is 16.2. The van der Waals surface area contributed by atoms with Crippen molar-refractivity contribution < 1.29 is 27.2 Å². The molecule has 3 aromatic rings. The van der Waals surface area contributed by atoms with E-state index in [0.29, 0.717) is 22.3 Å². The monoisotopic (exact) mass is 535 g/mol. The van der Waals surface area contributed by atoms with E-state index in [1.165, 1.54) is 34.1 Å². The van der Waals surface area contributed by atoms with Crippen molar-refractivity contribution in [3.63, 3.8) is 0 Å². The standard InChI is InChI=1S/C24H18BrF4N3O2/c1-31-11-14-6-5-13(23(33)30-10-16-20(28)8-15(26)9-21(16)29)7-22(14)32(24(31)34)12-17-18(25)3-2-4-19(17)27/h2-9H,10-12H2,1H3,(H,30,33). The largest absolute Gasteiger partial charge is 0.348 e. The van der Waals surface area contributed by atoms with Crippen molar-refractivity contribution in [1.29, 1.82) is 0 Å². The van der Waals surface area contributed by atoms with Gasteiger partial charge in [0.15, 0.2) is 0 Å². The average molecular weight is 536 g/mol. The van der Waals surface area contributed by atoms with Crippen LogP contribution in [0.5, 0.6) is 0 Å². The van der Waals surface area contributed by atoms with Crippen LogP contribution in [0, 0.1) is 23.3 Å². The lowest BCUT2D eigenvalue weighted by molar-refractivity contribution is 0.0950. The highest BCUT2D eigenvalue weighted by Gasteiger charge is 2.30. The minimum absolute atomic E-state index is 0.0828. The number of fused-ring (bicyclic) bond motifs is 1. The van der Waals surface area contributed by atoms with Gasteiger partial charge in [0.25, 0.3) is 5.91 Å². The Labute approximate surface area is 201 Å². The van der Waals surface area contributed by atoms with Crippen LogP contribution in [0.1, 0.15) is 27.0 Å². The molecule has 1 heterocycles. The Morgan fingerprint density at radius 3 is 2.38 bits per heavy atom. The van der Waals surface area contributed by atoms with Crippen LogP contribution in [-0.2, 0) is 19.6 Å². The van der Waals surface area contributed by atoms with E-state index in [1.54, 1.807) is 19.2 Å². The second-order valence-electron chi connectivity index (χ2n) is 7.80. The number of halogens is 5. The highest BCUT2D eigenvalue weighted by molar-refractivity contribution is 9.10. The number of carbonyl (C=O) groups excluding carboxylic acids is 2. The van der Waals surface area contributed by atoms with Gasteiger partial charge in [-0.25, -0.2) is 22.4 Å². The summed E-state index contributed by atoms with van der Waals surface area (Å²) in [5.74, 6) is -4.42. The smallest absolute Gasteiger partial charge is 0.324 e. The Balaban J connectivity index is 1.62. The summed E-state index contributed by atoms with van der Waals surface area (Å²) >= 11 is 3.31. The Morgan fingerprint density at radius 2 is 1.71 bits per heavy atom. The number of urea groups is 1. The van der Waals surface area contributed by atoms with Crippen LogP contribution in [0.3, 0.4) is 0 Å². The first-order valence-electron chi connectivity index (χ1n) is 10.2. The lowest BCUT2D eigenvalue weighted by Gasteiger charge is -2.35. The Kier molecular flexibility index (Phi) is 6.60. The second kappa shape index (κ2) is 9.46. The molecule has 0 aliphatic carbocycles. The fourth-order valence-electron chi connectivity index (χ4n) is 3.73. The van der Waals surface area contributed by atoms with E-state index in [-0.39, 0.29) is 30.2 Å². The van der Waals surface area contributed by atoms with E-state index in [0.717, 1.165) is 5.56 Å². The SMILES string of the molecule is CN1Cc2ccc(C(=O)NCc3c(F)cc(F)cc3F)cc2N(Cc2c(F)cccc2Br)C1=O. The Morgan fingerprint density at radius 1 is 1.00 bits per heavy atom. The summed E-state index contributed by atoms with van der Waals surface area (Å²) in [4.78, 5) is 28.4. The number of amides is 3. The molecule has 3 amide bonds. The Bertz CT molecular complexity index is 1260. The molecule has 0 atom stereocenters. The van der Waals surface area contributed by atoms with Crippen LogP contribution < -0.4 is 10.2 Å². The molecule has 0 saturated heterocycles. The van der Waals surface area contributed by atoms with Crippen LogP contribution in [0.2, 0.25) is 0 Å². The van der Waals surface area contributed by atoms with Gasteiger partial charge in [0.05, 0.1) is 12.2 Å². The summed E-state index contributed by atoms with van der Waals surface area (Å²) in [6, 6.07) is 9.83. The number of anilines is 1. The average Bonchev–Trinajstić information content (AvgIpc) is 2.77. The van der Waals surface area contributed by atoms with Crippen molar-refractivity contribution in [3.8, 4) is 0 Å². The minimum Gasteiger partial charge on any atom is -0.348 e. The van der Waals surface area contributed by atoms with Gasteiger partial charge in [0.1, 0.15) is 23.3 Å². The predicted octanol–water partition coefficient (Wildman–Crippen LogP) is 5.51. The zero-order valence-electron chi connectivity index (χ0n) is 17.8. The highest BCUT2D eigenvalue weighted by atomic mass is 79.9. The molecule has 1 aliphatic rings. The molecular weight excluding hydrogens is 518 g/mol. The van der Waals surface area contributed by atoms with Gasteiger partial charge >= 0.3 is 6.03 Å². The minimum atomic E-state index is -1.11. The predicted molar refractivity (Wildman–Crippen MR) is 121 cm³/mol. The zero-order chi connectivity index (χ0) is 24.6. The molecule has 0 fully saturated rings.